The summed E-state index contributed by atoms with van der Waals surface area (Å²) in [5.74, 6) is -0.790. The molecular formula is C27H20N4O2. The number of nitrogens with zero attached hydrogens (tertiary/aromatic N) is 2. The van der Waals surface area contributed by atoms with Crippen molar-refractivity contribution in [1.29, 1.82) is 5.26 Å². The number of anilines is 1. The van der Waals surface area contributed by atoms with Gasteiger partial charge in [-0.15, -0.1) is 0 Å². The van der Waals surface area contributed by atoms with Gasteiger partial charge in [0, 0.05) is 12.2 Å². The zero-order valence-corrected chi connectivity index (χ0v) is 17.7. The Morgan fingerprint density at radius 3 is 2.12 bits per heavy atom. The molecule has 0 aliphatic heterocycles. The standard InChI is InChI=1S/C27H20N4O2/c28-17-19-9-4-6-13-22(19)23-14-7-5-10-20(23)18-29-26(32)24-15-8-16-25(31-24)27(33)30-21-11-2-1-3-12-21/h1-16H,18H2,(H,29,32)(H,30,33). The number of hydrogen-bond donors (Lipinski definition) is 2. The molecule has 160 valence electrons. The molecule has 0 bridgehead atoms. The van der Waals surface area contributed by atoms with Gasteiger partial charge in [0.15, 0.2) is 0 Å². The fourth-order valence-corrected chi connectivity index (χ4v) is 3.42. The van der Waals surface area contributed by atoms with Crippen LogP contribution in [-0.4, -0.2) is 16.8 Å². The molecule has 0 atom stereocenters. The summed E-state index contributed by atoms with van der Waals surface area (Å²) in [5, 5.41) is 15.1. The van der Waals surface area contributed by atoms with Crippen molar-refractivity contribution in [2.75, 3.05) is 5.32 Å². The lowest BCUT2D eigenvalue weighted by molar-refractivity contribution is 0.0945. The second kappa shape index (κ2) is 10.0. The zero-order chi connectivity index (χ0) is 23.0. The highest BCUT2D eigenvalue weighted by Crippen LogP contribution is 2.26. The van der Waals surface area contributed by atoms with Crippen LogP contribution in [0.4, 0.5) is 5.69 Å². The van der Waals surface area contributed by atoms with E-state index in [0.29, 0.717) is 11.3 Å². The molecule has 6 heteroatoms. The second-order valence-electron chi connectivity index (χ2n) is 7.23. The molecule has 0 spiro atoms. The van der Waals surface area contributed by atoms with Crippen LogP contribution in [0.5, 0.6) is 0 Å². The van der Waals surface area contributed by atoms with E-state index in [-0.39, 0.29) is 17.9 Å². The monoisotopic (exact) mass is 432 g/mol. The van der Waals surface area contributed by atoms with Crippen LogP contribution >= 0.6 is 0 Å². The summed E-state index contributed by atoms with van der Waals surface area (Å²) >= 11 is 0. The molecule has 4 aromatic rings. The Bertz CT molecular complexity index is 1340. The molecule has 0 aliphatic rings. The molecular weight excluding hydrogens is 412 g/mol. The molecule has 0 radical (unpaired) electrons. The first kappa shape index (κ1) is 21.5. The predicted molar refractivity (Wildman–Crippen MR) is 126 cm³/mol. The molecule has 1 aromatic heterocycles. The van der Waals surface area contributed by atoms with Gasteiger partial charge in [-0.1, -0.05) is 66.7 Å². The molecule has 0 unspecified atom stereocenters. The lowest BCUT2D eigenvalue weighted by Gasteiger charge is -2.12. The number of amides is 2. The Balaban J connectivity index is 1.49. The first-order valence-electron chi connectivity index (χ1n) is 10.3. The Morgan fingerprint density at radius 1 is 0.727 bits per heavy atom. The summed E-state index contributed by atoms with van der Waals surface area (Å²) in [7, 11) is 0. The molecule has 3 aromatic carbocycles. The van der Waals surface area contributed by atoms with E-state index >= 15 is 0 Å². The average Bonchev–Trinajstić information content (AvgIpc) is 2.88. The number of aromatic nitrogens is 1. The van der Waals surface area contributed by atoms with Gasteiger partial charge in [0.05, 0.1) is 11.6 Å². The van der Waals surface area contributed by atoms with Gasteiger partial charge in [-0.25, -0.2) is 4.98 Å². The number of rotatable bonds is 6. The van der Waals surface area contributed by atoms with Crippen molar-refractivity contribution in [3.8, 4) is 17.2 Å². The van der Waals surface area contributed by atoms with E-state index in [4.69, 9.17) is 0 Å². The first-order valence-corrected chi connectivity index (χ1v) is 10.3. The Kier molecular flexibility index (Phi) is 6.53. The average molecular weight is 432 g/mol. The van der Waals surface area contributed by atoms with E-state index in [2.05, 4.69) is 21.7 Å². The molecule has 0 aliphatic carbocycles. The SMILES string of the molecule is N#Cc1ccccc1-c1ccccc1CNC(=O)c1cccc(C(=O)Nc2ccccc2)n1. The molecule has 6 nitrogen and oxygen atoms in total. The first-order chi connectivity index (χ1) is 16.2. The maximum Gasteiger partial charge on any atom is 0.274 e. The molecule has 33 heavy (non-hydrogen) atoms. The van der Waals surface area contributed by atoms with Gasteiger partial charge in [0.1, 0.15) is 11.4 Å². The number of nitriles is 1. The van der Waals surface area contributed by atoms with Crippen molar-refractivity contribution >= 4 is 17.5 Å². The molecule has 2 amide bonds. The van der Waals surface area contributed by atoms with Crippen LogP contribution in [0.25, 0.3) is 11.1 Å². The number of nitrogens with one attached hydrogen (secondary N) is 2. The van der Waals surface area contributed by atoms with Crippen LogP contribution in [0.3, 0.4) is 0 Å². The topological polar surface area (TPSA) is 94.9 Å². The Hall–Kier alpha value is -4.76. The van der Waals surface area contributed by atoms with E-state index in [0.717, 1.165) is 16.7 Å². The number of hydrogen-bond acceptors (Lipinski definition) is 4. The highest BCUT2D eigenvalue weighted by molar-refractivity contribution is 6.03. The number of carbonyl (C=O) groups excluding carboxylic acids is 2. The van der Waals surface area contributed by atoms with Gasteiger partial charge in [-0.05, 0) is 47.0 Å². The van der Waals surface area contributed by atoms with Gasteiger partial charge < -0.3 is 10.6 Å². The smallest absolute Gasteiger partial charge is 0.274 e. The quantitative estimate of drug-likeness (QED) is 0.457. The van der Waals surface area contributed by atoms with Crippen molar-refractivity contribution < 1.29 is 9.59 Å². The van der Waals surface area contributed by atoms with Crippen molar-refractivity contribution in [2.24, 2.45) is 0 Å². The Morgan fingerprint density at radius 2 is 1.36 bits per heavy atom. The fraction of sp³-hybridized carbons (Fsp3) is 0.0370. The molecule has 2 N–H and O–H groups in total. The fourth-order valence-electron chi connectivity index (χ4n) is 3.42. The normalized spacial score (nSPS) is 10.2. The van der Waals surface area contributed by atoms with Crippen molar-refractivity contribution in [1.82, 2.24) is 10.3 Å². The van der Waals surface area contributed by atoms with Gasteiger partial charge in [-0.2, -0.15) is 5.26 Å². The maximum atomic E-state index is 12.8. The highest BCUT2D eigenvalue weighted by atomic mass is 16.2. The van der Waals surface area contributed by atoms with Crippen LogP contribution in [0.2, 0.25) is 0 Å². The molecule has 4 rings (SSSR count). The van der Waals surface area contributed by atoms with Crippen molar-refractivity contribution in [3.05, 3.63) is 120 Å². The lowest BCUT2D eigenvalue weighted by Crippen LogP contribution is -2.25. The third-order valence-electron chi connectivity index (χ3n) is 5.04. The van der Waals surface area contributed by atoms with Crippen LogP contribution in [-0.2, 0) is 6.54 Å². The highest BCUT2D eigenvalue weighted by Gasteiger charge is 2.14. The van der Waals surface area contributed by atoms with Crippen molar-refractivity contribution in [3.63, 3.8) is 0 Å². The van der Waals surface area contributed by atoms with Crippen LogP contribution in [0, 0.1) is 11.3 Å². The maximum absolute atomic E-state index is 12.8. The van der Waals surface area contributed by atoms with E-state index < -0.39 is 11.8 Å². The minimum Gasteiger partial charge on any atom is -0.347 e. The zero-order valence-electron chi connectivity index (χ0n) is 17.7. The number of pyridine rings is 1. The van der Waals surface area contributed by atoms with Crippen LogP contribution in [0.1, 0.15) is 32.1 Å². The minimum absolute atomic E-state index is 0.144. The van der Waals surface area contributed by atoms with Gasteiger partial charge >= 0.3 is 0 Å². The van der Waals surface area contributed by atoms with E-state index in [9.17, 15) is 14.9 Å². The molecule has 0 saturated carbocycles. The van der Waals surface area contributed by atoms with Gasteiger partial charge in [-0.3, -0.25) is 9.59 Å². The third kappa shape index (κ3) is 5.12. The van der Waals surface area contributed by atoms with Crippen LogP contribution < -0.4 is 10.6 Å². The Labute approximate surface area is 191 Å². The van der Waals surface area contributed by atoms with Crippen molar-refractivity contribution in [2.45, 2.75) is 6.54 Å². The minimum atomic E-state index is -0.396. The summed E-state index contributed by atoms with van der Waals surface area (Å²) in [6, 6.07) is 30.9. The summed E-state index contributed by atoms with van der Waals surface area (Å²) in [6.45, 7) is 0.247. The summed E-state index contributed by atoms with van der Waals surface area (Å²) in [4.78, 5) is 29.5. The summed E-state index contributed by atoms with van der Waals surface area (Å²) in [6.07, 6.45) is 0. The van der Waals surface area contributed by atoms with Gasteiger partial charge in [0.2, 0.25) is 0 Å². The number of benzene rings is 3. The number of carbonyl (C=O) groups is 2. The molecule has 0 saturated heterocycles. The molecule has 1 heterocycles. The largest absolute Gasteiger partial charge is 0.347 e. The second-order valence-corrected chi connectivity index (χ2v) is 7.23. The molecule has 0 fully saturated rings. The van der Waals surface area contributed by atoms with E-state index in [1.807, 2.05) is 60.7 Å². The van der Waals surface area contributed by atoms with E-state index in [1.165, 1.54) is 0 Å². The van der Waals surface area contributed by atoms with Gasteiger partial charge in [0.25, 0.3) is 11.8 Å². The third-order valence-corrected chi connectivity index (χ3v) is 5.04. The summed E-state index contributed by atoms with van der Waals surface area (Å²) < 4.78 is 0. The summed E-state index contributed by atoms with van der Waals surface area (Å²) in [5.41, 5.74) is 4.05. The number of para-hydroxylation sites is 1. The van der Waals surface area contributed by atoms with Crippen LogP contribution in [0.15, 0.2) is 97.1 Å². The lowest BCUT2D eigenvalue weighted by atomic mass is 9.96. The van der Waals surface area contributed by atoms with E-state index in [1.54, 1.807) is 36.4 Å². The predicted octanol–water partition coefficient (Wildman–Crippen LogP) is 4.80.